The number of hydrogen-bond acceptors (Lipinski definition) is 3. The summed E-state index contributed by atoms with van der Waals surface area (Å²) in [6, 6.07) is 0. The number of ether oxygens (including phenoxy) is 1. The second kappa shape index (κ2) is 3.06. The van der Waals surface area contributed by atoms with Crippen LogP contribution < -0.4 is 0 Å². The second-order valence-electron chi connectivity index (χ2n) is 5.40. The third-order valence-corrected chi connectivity index (χ3v) is 4.88. The summed E-state index contributed by atoms with van der Waals surface area (Å²) in [4.78, 5) is 23.3. The highest BCUT2D eigenvalue weighted by molar-refractivity contribution is 5.99. The number of fused-ring (bicyclic) bond motifs is 1. The van der Waals surface area contributed by atoms with Crippen LogP contribution in [0.5, 0.6) is 0 Å². The summed E-state index contributed by atoms with van der Waals surface area (Å²) in [6.07, 6.45) is 0.784. The van der Waals surface area contributed by atoms with E-state index >= 15 is 0 Å². The van der Waals surface area contributed by atoms with Crippen LogP contribution in [-0.2, 0) is 14.3 Å². The lowest BCUT2D eigenvalue weighted by Gasteiger charge is -2.44. The van der Waals surface area contributed by atoms with E-state index in [1.54, 1.807) is 0 Å². The molecular formula is C12H18O3. The Balaban J connectivity index is 2.41. The highest BCUT2D eigenvalue weighted by atomic mass is 16.6. The first-order chi connectivity index (χ1) is 6.89. The van der Waals surface area contributed by atoms with E-state index in [2.05, 4.69) is 20.8 Å². The first-order valence-electron chi connectivity index (χ1n) is 5.65. The summed E-state index contributed by atoms with van der Waals surface area (Å²) in [7, 11) is 0. The fourth-order valence-electron chi connectivity index (χ4n) is 3.13. The van der Waals surface area contributed by atoms with Crippen LogP contribution in [0.15, 0.2) is 0 Å². The molecule has 1 aliphatic carbocycles. The first kappa shape index (κ1) is 10.7. The molecule has 2 rings (SSSR count). The average molecular weight is 210 g/mol. The Morgan fingerprint density at radius 2 is 1.87 bits per heavy atom. The van der Waals surface area contributed by atoms with Gasteiger partial charge in [0.2, 0.25) is 0 Å². The molecule has 5 unspecified atom stereocenters. The Morgan fingerprint density at radius 1 is 1.27 bits per heavy atom. The molecule has 1 saturated heterocycles. The van der Waals surface area contributed by atoms with Crippen LogP contribution >= 0.6 is 0 Å². The minimum Gasteiger partial charge on any atom is -0.392 e. The van der Waals surface area contributed by atoms with E-state index in [0.717, 1.165) is 6.42 Å². The van der Waals surface area contributed by atoms with E-state index in [0.29, 0.717) is 11.8 Å². The van der Waals surface area contributed by atoms with Gasteiger partial charge in [0.15, 0.2) is 0 Å². The molecule has 0 N–H and O–H groups in total. The fraction of sp³-hybridized carbons (Fsp3) is 0.833. The number of carbonyl (C=O) groups is 2. The number of carbonyl (C=O) groups excluding carboxylic acids is 2. The number of hydrogen-bond donors (Lipinski definition) is 0. The molecule has 15 heavy (non-hydrogen) atoms. The van der Waals surface area contributed by atoms with Crippen molar-refractivity contribution >= 4 is 11.9 Å². The van der Waals surface area contributed by atoms with E-state index in [4.69, 9.17) is 4.74 Å². The van der Waals surface area contributed by atoms with Gasteiger partial charge in [0.1, 0.15) is 0 Å². The molecule has 2 aliphatic rings. The third-order valence-electron chi connectivity index (χ3n) is 4.88. The highest BCUT2D eigenvalue weighted by Crippen LogP contribution is 2.54. The average Bonchev–Trinajstić information content (AvgIpc) is 2.39. The van der Waals surface area contributed by atoms with Gasteiger partial charge in [-0.05, 0) is 31.1 Å². The lowest BCUT2D eigenvalue weighted by atomic mass is 9.56. The van der Waals surface area contributed by atoms with Crippen LogP contribution in [0, 0.1) is 29.1 Å². The molecule has 0 spiro atoms. The molecule has 0 amide bonds. The van der Waals surface area contributed by atoms with Crippen molar-refractivity contribution in [1.29, 1.82) is 0 Å². The maximum atomic E-state index is 11.8. The molecule has 1 aliphatic heterocycles. The van der Waals surface area contributed by atoms with Crippen LogP contribution in [-0.4, -0.2) is 11.9 Å². The van der Waals surface area contributed by atoms with Gasteiger partial charge in [-0.1, -0.05) is 20.8 Å². The van der Waals surface area contributed by atoms with E-state index in [-0.39, 0.29) is 23.8 Å². The molecule has 0 aromatic carbocycles. The highest BCUT2D eigenvalue weighted by Gasteiger charge is 2.61. The summed E-state index contributed by atoms with van der Waals surface area (Å²) in [6.45, 7) is 8.26. The molecule has 3 nitrogen and oxygen atoms in total. The third kappa shape index (κ3) is 1.18. The summed E-state index contributed by atoms with van der Waals surface area (Å²) >= 11 is 0. The lowest BCUT2D eigenvalue weighted by Crippen LogP contribution is -2.46. The van der Waals surface area contributed by atoms with E-state index in [9.17, 15) is 9.59 Å². The Hall–Kier alpha value is -0.860. The van der Waals surface area contributed by atoms with E-state index < -0.39 is 5.41 Å². The predicted octanol–water partition coefficient (Wildman–Crippen LogP) is 2.00. The van der Waals surface area contributed by atoms with Crippen molar-refractivity contribution in [1.82, 2.24) is 0 Å². The quantitative estimate of drug-likeness (QED) is 0.453. The van der Waals surface area contributed by atoms with Crippen LogP contribution in [0.1, 0.15) is 34.1 Å². The maximum Gasteiger partial charge on any atom is 0.320 e. The Kier molecular flexibility index (Phi) is 2.18. The van der Waals surface area contributed by atoms with Gasteiger partial charge < -0.3 is 4.74 Å². The van der Waals surface area contributed by atoms with Gasteiger partial charge in [0.25, 0.3) is 0 Å². The predicted molar refractivity (Wildman–Crippen MR) is 54.8 cm³/mol. The van der Waals surface area contributed by atoms with Crippen molar-refractivity contribution in [3.63, 3.8) is 0 Å². The molecule has 5 atom stereocenters. The smallest absolute Gasteiger partial charge is 0.320 e. The van der Waals surface area contributed by atoms with Crippen molar-refractivity contribution < 1.29 is 14.3 Å². The van der Waals surface area contributed by atoms with Gasteiger partial charge in [0.05, 0.1) is 11.3 Å². The zero-order valence-corrected chi connectivity index (χ0v) is 9.74. The zero-order chi connectivity index (χ0) is 11.4. The van der Waals surface area contributed by atoms with Crippen LogP contribution in [0.3, 0.4) is 0 Å². The molecule has 0 bridgehead atoms. The first-order valence-corrected chi connectivity index (χ1v) is 5.65. The number of rotatable bonds is 0. The Morgan fingerprint density at radius 3 is 2.47 bits per heavy atom. The molecule has 1 heterocycles. The van der Waals surface area contributed by atoms with Gasteiger partial charge in [-0.25, -0.2) is 0 Å². The summed E-state index contributed by atoms with van der Waals surface area (Å²) in [5.74, 6) is 0.314. The standard InChI is InChI=1S/C12H18O3/c1-6-5-9-10(13)15-11(14)12(9,4)8(3)7(6)2/h6-9H,5H2,1-4H3. The van der Waals surface area contributed by atoms with Gasteiger partial charge in [-0.3, -0.25) is 9.59 Å². The molecule has 0 radical (unpaired) electrons. The Labute approximate surface area is 90.2 Å². The lowest BCUT2D eigenvalue weighted by molar-refractivity contribution is -0.156. The molecule has 3 heteroatoms. The van der Waals surface area contributed by atoms with Crippen LogP contribution in [0.2, 0.25) is 0 Å². The fourth-order valence-corrected chi connectivity index (χ4v) is 3.13. The van der Waals surface area contributed by atoms with Crippen molar-refractivity contribution in [3.05, 3.63) is 0 Å². The van der Waals surface area contributed by atoms with Crippen LogP contribution in [0.4, 0.5) is 0 Å². The second-order valence-corrected chi connectivity index (χ2v) is 5.40. The molecule has 1 saturated carbocycles. The van der Waals surface area contributed by atoms with Crippen molar-refractivity contribution in [2.75, 3.05) is 0 Å². The van der Waals surface area contributed by atoms with E-state index in [1.165, 1.54) is 0 Å². The minimum atomic E-state index is -0.580. The van der Waals surface area contributed by atoms with Gasteiger partial charge in [-0.15, -0.1) is 0 Å². The van der Waals surface area contributed by atoms with Crippen molar-refractivity contribution in [2.45, 2.75) is 34.1 Å². The maximum absolute atomic E-state index is 11.8. The monoisotopic (exact) mass is 210 g/mol. The van der Waals surface area contributed by atoms with Gasteiger partial charge in [-0.2, -0.15) is 0 Å². The molecule has 2 fully saturated rings. The van der Waals surface area contributed by atoms with Crippen molar-refractivity contribution in [2.24, 2.45) is 29.1 Å². The largest absolute Gasteiger partial charge is 0.392 e. The van der Waals surface area contributed by atoms with Crippen molar-refractivity contribution in [3.8, 4) is 0 Å². The normalized spacial score (nSPS) is 50.1. The number of esters is 2. The SMILES string of the molecule is CC1CC2C(=O)OC(=O)C2(C)C(C)C1C. The summed E-state index contributed by atoms with van der Waals surface area (Å²) < 4.78 is 4.80. The van der Waals surface area contributed by atoms with Gasteiger partial charge >= 0.3 is 11.9 Å². The summed E-state index contributed by atoms with van der Waals surface area (Å²) in [5, 5.41) is 0. The molecule has 0 aromatic heterocycles. The molecule has 84 valence electrons. The summed E-state index contributed by atoms with van der Waals surface area (Å²) in [5.41, 5.74) is -0.580. The van der Waals surface area contributed by atoms with E-state index in [1.807, 2.05) is 6.92 Å². The molecule has 0 aromatic rings. The Bertz CT molecular complexity index is 323. The van der Waals surface area contributed by atoms with Gasteiger partial charge in [0, 0.05) is 0 Å². The van der Waals surface area contributed by atoms with Crippen LogP contribution in [0.25, 0.3) is 0 Å². The topological polar surface area (TPSA) is 43.4 Å². The minimum absolute atomic E-state index is 0.213. The number of cyclic esters (lactones) is 2. The zero-order valence-electron chi connectivity index (χ0n) is 9.74. The molecular weight excluding hydrogens is 192 g/mol.